The van der Waals surface area contributed by atoms with Gasteiger partial charge < -0.3 is 4.90 Å². The molecule has 0 amide bonds. The predicted molar refractivity (Wildman–Crippen MR) is 43.2 cm³/mol. The van der Waals surface area contributed by atoms with E-state index in [2.05, 4.69) is 23.3 Å². The number of hydrogen-bond donors (Lipinski definition) is 1. The number of nitrogens with one attached hydrogen (secondary N) is 1. The zero-order valence-electron chi connectivity index (χ0n) is 6.09. The second-order valence-corrected chi connectivity index (χ2v) is 2.24. The van der Waals surface area contributed by atoms with Crippen LogP contribution in [0.1, 0.15) is 0 Å². The first kappa shape index (κ1) is 7.35. The normalized spacial score (nSPS) is 19.9. The van der Waals surface area contributed by atoms with Crippen LogP contribution in [0.2, 0.25) is 0 Å². The van der Waals surface area contributed by atoms with Crippen LogP contribution >= 0.6 is 0 Å². The molecule has 1 fully saturated rings. The summed E-state index contributed by atoms with van der Waals surface area (Å²) in [4.78, 5) is 2.22. The van der Waals surface area contributed by atoms with Gasteiger partial charge in [-0.2, -0.15) is 0 Å². The molecule has 1 saturated heterocycles. The van der Waals surface area contributed by atoms with E-state index in [1.165, 1.54) is 0 Å². The monoisotopic (exact) mass is 137 g/mol. The molecule has 0 aromatic heterocycles. The van der Waals surface area contributed by atoms with Crippen molar-refractivity contribution in [1.29, 1.82) is 0 Å². The van der Waals surface area contributed by atoms with Crippen molar-refractivity contribution < 1.29 is 0 Å². The quantitative estimate of drug-likeness (QED) is 0.565. The summed E-state index contributed by atoms with van der Waals surface area (Å²) in [6.07, 6.45) is 7.78. The molecule has 1 radical (unpaired) electrons. The Bertz CT molecular complexity index is 132. The van der Waals surface area contributed by atoms with E-state index in [4.69, 9.17) is 0 Å². The van der Waals surface area contributed by atoms with Gasteiger partial charge in [-0.15, -0.1) is 0 Å². The fraction of sp³-hybridized carbons (Fsp3) is 0.375. The van der Waals surface area contributed by atoms with Crippen molar-refractivity contribution in [2.24, 2.45) is 0 Å². The molecule has 0 aliphatic carbocycles. The smallest absolute Gasteiger partial charge is 0.0677 e. The van der Waals surface area contributed by atoms with E-state index >= 15 is 0 Å². The SMILES string of the molecule is [CH2]C=CC=CN1CCNC1. The number of nitrogens with zero attached hydrogens (tertiary/aromatic N) is 1. The number of allylic oxidation sites excluding steroid dienone is 3. The molecule has 0 aromatic carbocycles. The van der Waals surface area contributed by atoms with E-state index in [1.807, 2.05) is 12.2 Å². The van der Waals surface area contributed by atoms with Crippen LogP contribution < -0.4 is 5.32 Å². The van der Waals surface area contributed by atoms with Crippen molar-refractivity contribution in [1.82, 2.24) is 10.2 Å². The van der Waals surface area contributed by atoms with Crippen LogP contribution in [-0.4, -0.2) is 24.7 Å². The third-order valence-corrected chi connectivity index (χ3v) is 1.43. The van der Waals surface area contributed by atoms with Crippen LogP contribution in [0.25, 0.3) is 0 Å². The fourth-order valence-electron chi connectivity index (χ4n) is 0.902. The molecule has 1 rings (SSSR count). The van der Waals surface area contributed by atoms with Gasteiger partial charge in [0.2, 0.25) is 0 Å². The summed E-state index contributed by atoms with van der Waals surface area (Å²) in [6, 6.07) is 0. The average Bonchev–Trinajstić information content (AvgIpc) is 2.41. The van der Waals surface area contributed by atoms with Gasteiger partial charge in [0.05, 0.1) is 6.67 Å². The standard InChI is InChI=1S/C8H13N2/c1-2-3-4-6-10-7-5-9-8-10/h2-4,6,9H,1,5,7-8H2. The highest BCUT2D eigenvalue weighted by molar-refractivity contribution is 5.03. The predicted octanol–water partition coefficient (Wildman–Crippen LogP) is 0.753. The molecule has 55 valence electrons. The fourth-order valence-corrected chi connectivity index (χ4v) is 0.902. The Kier molecular flexibility index (Phi) is 3.03. The van der Waals surface area contributed by atoms with E-state index in [1.54, 1.807) is 6.08 Å². The topological polar surface area (TPSA) is 15.3 Å². The summed E-state index contributed by atoms with van der Waals surface area (Å²) in [5.41, 5.74) is 0. The molecule has 2 heteroatoms. The lowest BCUT2D eigenvalue weighted by Gasteiger charge is -2.07. The molecular formula is C8H13N2. The third kappa shape index (κ3) is 2.23. The molecule has 1 heterocycles. The highest BCUT2D eigenvalue weighted by Crippen LogP contribution is 1.92. The zero-order valence-corrected chi connectivity index (χ0v) is 6.09. The highest BCUT2D eigenvalue weighted by Gasteiger charge is 2.03. The molecule has 2 nitrogen and oxygen atoms in total. The van der Waals surface area contributed by atoms with Gasteiger partial charge in [-0.25, -0.2) is 0 Å². The van der Waals surface area contributed by atoms with Gasteiger partial charge in [0, 0.05) is 19.3 Å². The molecule has 1 N–H and O–H groups in total. The van der Waals surface area contributed by atoms with E-state index in [9.17, 15) is 0 Å². The van der Waals surface area contributed by atoms with Gasteiger partial charge in [0.25, 0.3) is 0 Å². The van der Waals surface area contributed by atoms with Gasteiger partial charge in [-0.05, 0) is 13.0 Å². The maximum atomic E-state index is 3.58. The van der Waals surface area contributed by atoms with Crippen LogP contribution in [0.5, 0.6) is 0 Å². The maximum absolute atomic E-state index is 3.58. The Morgan fingerprint density at radius 2 is 2.30 bits per heavy atom. The maximum Gasteiger partial charge on any atom is 0.0677 e. The van der Waals surface area contributed by atoms with Crippen LogP contribution in [-0.2, 0) is 0 Å². The first-order valence-corrected chi connectivity index (χ1v) is 3.51. The summed E-state index contributed by atoms with van der Waals surface area (Å²) in [5.74, 6) is 0. The van der Waals surface area contributed by atoms with Crippen molar-refractivity contribution in [2.75, 3.05) is 19.8 Å². The molecule has 10 heavy (non-hydrogen) atoms. The van der Waals surface area contributed by atoms with Crippen LogP contribution in [0.15, 0.2) is 24.4 Å². The largest absolute Gasteiger partial charge is 0.364 e. The molecular weight excluding hydrogens is 124 g/mol. The molecule has 0 saturated carbocycles. The number of hydrogen-bond acceptors (Lipinski definition) is 2. The highest BCUT2D eigenvalue weighted by atomic mass is 15.3. The van der Waals surface area contributed by atoms with E-state index in [0.29, 0.717) is 0 Å². The van der Waals surface area contributed by atoms with Gasteiger partial charge in [0.1, 0.15) is 0 Å². The average molecular weight is 137 g/mol. The molecule has 0 bridgehead atoms. The summed E-state index contributed by atoms with van der Waals surface area (Å²) in [5, 5.41) is 3.23. The summed E-state index contributed by atoms with van der Waals surface area (Å²) in [7, 11) is 0. The Morgan fingerprint density at radius 1 is 1.40 bits per heavy atom. The molecule has 0 aromatic rings. The number of rotatable bonds is 2. The summed E-state index contributed by atoms with van der Waals surface area (Å²) >= 11 is 0. The van der Waals surface area contributed by atoms with Gasteiger partial charge in [-0.1, -0.05) is 12.2 Å². The lowest BCUT2D eigenvalue weighted by molar-refractivity contribution is 0.461. The van der Waals surface area contributed by atoms with Crippen molar-refractivity contribution in [2.45, 2.75) is 0 Å². The molecule has 0 atom stereocenters. The van der Waals surface area contributed by atoms with E-state index in [-0.39, 0.29) is 0 Å². The molecule has 1 aliphatic heterocycles. The van der Waals surface area contributed by atoms with Crippen molar-refractivity contribution in [3.05, 3.63) is 31.4 Å². The van der Waals surface area contributed by atoms with Crippen LogP contribution in [0, 0.1) is 6.92 Å². The Morgan fingerprint density at radius 3 is 2.90 bits per heavy atom. The van der Waals surface area contributed by atoms with Gasteiger partial charge >= 0.3 is 0 Å². The Hall–Kier alpha value is -0.760. The zero-order chi connectivity index (χ0) is 7.23. The lowest BCUT2D eigenvalue weighted by Crippen LogP contribution is -2.14. The summed E-state index contributed by atoms with van der Waals surface area (Å²) in [6.45, 7) is 6.77. The van der Waals surface area contributed by atoms with Crippen molar-refractivity contribution >= 4 is 0 Å². The van der Waals surface area contributed by atoms with Gasteiger partial charge in [-0.3, -0.25) is 5.32 Å². The second kappa shape index (κ2) is 4.12. The molecule has 0 unspecified atom stereocenters. The van der Waals surface area contributed by atoms with E-state index in [0.717, 1.165) is 19.8 Å². The second-order valence-electron chi connectivity index (χ2n) is 2.24. The first-order valence-electron chi connectivity index (χ1n) is 3.51. The van der Waals surface area contributed by atoms with Gasteiger partial charge in [0.15, 0.2) is 0 Å². The third-order valence-electron chi connectivity index (χ3n) is 1.43. The first-order chi connectivity index (χ1) is 4.93. The van der Waals surface area contributed by atoms with Crippen molar-refractivity contribution in [3.63, 3.8) is 0 Å². The van der Waals surface area contributed by atoms with Crippen LogP contribution in [0.4, 0.5) is 0 Å². The minimum Gasteiger partial charge on any atom is -0.364 e. The minimum absolute atomic E-state index is 0.974. The molecule has 1 aliphatic rings. The van der Waals surface area contributed by atoms with E-state index < -0.39 is 0 Å². The summed E-state index contributed by atoms with van der Waals surface area (Å²) < 4.78 is 0. The van der Waals surface area contributed by atoms with Crippen molar-refractivity contribution in [3.8, 4) is 0 Å². The van der Waals surface area contributed by atoms with Crippen LogP contribution in [0.3, 0.4) is 0 Å². The molecule has 0 spiro atoms. The Balaban J connectivity index is 2.22. The Labute approximate surface area is 62.2 Å². The minimum atomic E-state index is 0.974. The lowest BCUT2D eigenvalue weighted by atomic mass is 10.5.